The molecular formula is C11H17NO2. The van der Waals surface area contributed by atoms with Crippen LogP contribution >= 0.6 is 0 Å². The highest BCUT2D eigenvalue weighted by Gasteiger charge is 2.22. The summed E-state index contributed by atoms with van der Waals surface area (Å²) in [5.74, 6) is 1.32. The van der Waals surface area contributed by atoms with Crippen molar-refractivity contribution in [1.29, 1.82) is 0 Å². The van der Waals surface area contributed by atoms with Gasteiger partial charge in [-0.05, 0) is 44.0 Å². The van der Waals surface area contributed by atoms with Crippen LogP contribution in [0.3, 0.4) is 0 Å². The lowest BCUT2D eigenvalue weighted by atomic mass is 9.90. The molecule has 0 spiro atoms. The highest BCUT2D eigenvalue weighted by molar-refractivity contribution is 5.00. The summed E-state index contributed by atoms with van der Waals surface area (Å²) in [6.07, 6.45) is 4.20. The molecule has 1 aliphatic heterocycles. The van der Waals surface area contributed by atoms with Gasteiger partial charge >= 0.3 is 0 Å². The van der Waals surface area contributed by atoms with Crippen LogP contribution in [0.15, 0.2) is 22.8 Å². The molecule has 0 saturated carbocycles. The van der Waals surface area contributed by atoms with Crippen LogP contribution in [0.25, 0.3) is 0 Å². The molecule has 14 heavy (non-hydrogen) atoms. The Morgan fingerprint density at radius 1 is 1.50 bits per heavy atom. The van der Waals surface area contributed by atoms with E-state index in [9.17, 15) is 5.11 Å². The molecule has 2 heterocycles. The van der Waals surface area contributed by atoms with Gasteiger partial charge in [0.05, 0.1) is 12.4 Å². The van der Waals surface area contributed by atoms with Gasteiger partial charge in [0.25, 0.3) is 0 Å². The van der Waals surface area contributed by atoms with Gasteiger partial charge in [0.2, 0.25) is 0 Å². The summed E-state index contributed by atoms with van der Waals surface area (Å²) < 4.78 is 5.22. The molecule has 0 radical (unpaired) electrons. The van der Waals surface area contributed by atoms with Crippen molar-refractivity contribution in [2.45, 2.75) is 25.4 Å². The largest absolute Gasteiger partial charge is 0.469 e. The Kier molecular flexibility index (Phi) is 3.22. The molecule has 1 fully saturated rings. The number of rotatable bonds is 3. The minimum atomic E-state index is -0.247. The monoisotopic (exact) mass is 195 g/mol. The van der Waals surface area contributed by atoms with E-state index in [0.29, 0.717) is 12.3 Å². The molecule has 1 aliphatic rings. The molecule has 3 heteroatoms. The summed E-state index contributed by atoms with van der Waals surface area (Å²) in [7, 11) is 0. The lowest BCUT2D eigenvalue weighted by Crippen LogP contribution is -2.34. The van der Waals surface area contributed by atoms with Gasteiger partial charge in [0, 0.05) is 6.42 Å². The molecule has 3 nitrogen and oxygen atoms in total. The molecule has 1 saturated heterocycles. The maximum Gasteiger partial charge on any atom is 0.106 e. The summed E-state index contributed by atoms with van der Waals surface area (Å²) in [5, 5.41) is 13.3. The molecule has 0 bridgehead atoms. The van der Waals surface area contributed by atoms with E-state index in [-0.39, 0.29) is 6.10 Å². The Balaban J connectivity index is 1.85. The molecule has 0 aromatic carbocycles. The van der Waals surface area contributed by atoms with Crippen molar-refractivity contribution < 1.29 is 9.52 Å². The van der Waals surface area contributed by atoms with Gasteiger partial charge in [0.15, 0.2) is 0 Å². The van der Waals surface area contributed by atoms with Crippen LogP contribution in [0, 0.1) is 5.92 Å². The average Bonchev–Trinajstić information content (AvgIpc) is 2.72. The predicted molar refractivity (Wildman–Crippen MR) is 54.0 cm³/mol. The molecule has 1 unspecified atom stereocenters. The van der Waals surface area contributed by atoms with Crippen molar-refractivity contribution in [3.8, 4) is 0 Å². The third kappa shape index (κ3) is 2.36. The van der Waals surface area contributed by atoms with Gasteiger partial charge < -0.3 is 14.8 Å². The minimum absolute atomic E-state index is 0.247. The SMILES string of the molecule is OC(Cc1ccco1)C1CCNCC1. The fourth-order valence-corrected chi connectivity index (χ4v) is 2.03. The number of piperidine rings is 1. The average molecular weight is 195 g/mol. The Bertz CT molecular complexity index is 252. The Hall–Kier alpha value is -0.800. The fourth-order valence-electron chi connectivity index (χ4n) is 2.03. The van der Waals surface area contributed by atoms with Gasteiger partial charge in [-0.1, -0.05) is 0 Å². The Labute approximate surface area is 84.1 Å². The van der Waals surface area contributed by atoms with Crippen molar-refractivity contribution in [2.24, 2.45) is 5.92 Å². The number of aliphatic hydroxyl groups excluding tert-OH is 1. The van der Waals surface area contributed by atoms with E-state index < -0.39 is 0 Å². The van der Waals surface area contributed by atoms with E-state index in [1.165, 1.54) is 0 Å². The summed E-state index contributed by atoms with van der Waals surface area (Å²) in [5.41, 5.74) is 0. The van der Waals surface area contributed by atoms with Crippen LogP contribution in [-0.4, -0.2) is 24.3 Å². The maximum atomic E-state index is 9.96. The highest BCUT2D eigenvalue weighted by atomic mass is 16.3. The highest BCUT2D eigenvalue weighted by Crippen LogP contribution is 2.19. The van der Waals surface area contributed by atoms with Gasteiger partial charge in [0.1, 0.15) is 5.76 Å². The first-order valence-electron chi connectivity index (χ1n) is 5.27. The molecule has 0 amide bonds. The molecule has 1 aromatic rings. The number of aliphatic hydroxyl groups is 1. The van der Waals surface area contributed by atoms with Crippen LogP contribution < -0.4 is 5.32 Å². The van der Waals surface area contributed by atoms with Gasteiger partial charge in [-0.15, -0.1) is 0 Å². The molecule has 0 aliphatic carbocycles. The normalized spacial score (nSPS) is 20.9. The second kappa shape index (κ2) is 4.62. The first-order valence-corrected chi connectivity index (χ1v) is 5.27. The van der Waals surface area contributed by atoms with Crippen molar-refractivity contribution >= 4 is 0 Å². The summed E-state index contributed by atoms with van der Waals surface area (Å²) in [4.78, 5) is 0. The van der Waals surface area contributed by atoms with Crippen molar-refractivity contribution in [3.63, 3.8) is 0 Å². The summed E-state index contributed by atoms with van der Waals surface area (Å²) >= 11 is 0. The van der Waals surface area contributed by atoms with E-state index in [1.807, 2.05) is 12.1 Å². The van der Waals surface area contributed by atoms with Crippen LogP contribution in [0.5, 0.6) is 0 Å². The lowest BCUT2D eigenvalue weighted by molar-refractivity contribution is 0.0843. The number of hydrogen-bond donors (Lipinski definition) is 2. The Morgan fingerprint density at radius 2 is 2.29 bits per heavy atom. The van der Waals surface area contributed by atoms with Crippen LogP contribution in [0.4, 0.5) is 0 Å². The van der Waals surface area contributed by atoms with E-state index in [4.69, 9.17) is 4.42 Å². The van der Waals surface area contributed by atoms with E-state index in [1.54, 1.807) is 6.26 Å². The third-order valence-electron chi connectivity index (χ3n) is 2.92. The molecule has 2 rings (SSSR count). The fraction of sp³-hybridized carbons (Fsp3) is 0.636. The summed E-state index contributed by atoms with van der Waals surface area (Å²) in [6.45, 7) is 2.06. The molecule has 2 N–H and O–H groups in total. The second-order valence-electron chi connectivity index (χ2n) is 3.94. The minimum Gasteiger partial charge on any atom is -0.469 e. The topological polar surface area (TPSA) is 45.4 Å². The molecule has 1 atom stereocenters. The molecular weight excluding hydrogens is 178 g/mol. The number of hydrogen-bond acceptors (Lipinski definition) is 3. The number of nitrogens with one attached hydrogen (secondary N) is 1. The van der Waals surface area contributed by atoms with Crippen molar-refractivity contribution in [1.82, 2.24) is 5.32 Å². The zero-order chi connectivity index (χ0) is 9.80. The van der Waals surface area contributed by atoms with Gasteiger partial charge in [-0.3, -0.25) is 0 Å². The van der Waals surface area contributed by atoms with Gasteiger partial charge in [-0.25, -0.2) is 0 Å². The predicted octanol–water partition coefficient (Wildman–Crippen LogP) is 1.18. The maximum absolute atomic E-state index is 9.96. The van der Waals surface area contributed by atoms with E-state index in [2.05, 4.69) is 5.32 Å². The van der Waals surface area contributed by atoms with E-state index >= 15 is 0 Å². The molecule has 78 valence electrons. The smallest absolute Gasteiger partial charge is 0.106 e. The second-order valence-corrected chi connectivity index (χ2v) is 3.94. The standard InChI is InChI=1S/C11H17NO2/c13-11(8-10-2-1-7-14-10)9-3-5-12-6-4-9/h1-2,7,9,11-13H,3-6,8H2. The van der Waals surface area contributed by atoms with Crippen LogP contribution in [-0.2, 0) is 6.42 Å². The summed E-state index contributed by atoms with van der Waals surface area (Å²) in [6, 6.07) is 3.79. The molecule has 1 aromatic heterocycles. The van der Waals surface area contributed by atoms with Gasteiger partial charge in [-0.2, -0.15) is 0 Å². The third-order valence-corrected chi connectivity index (χ3v) is 2.92. The van der Waals surface area contributed by atoms with E-state index in [0.717, 1.165) is 31.7 Å². The van der Waals surface area contributed by atoms with Crippen LogP contribution in [0.1, 0.15) is 18.6 Å². The first-order chi connectivity index (χ1) is 6.86. The van der Waals surface area contributed by atoms with Crippen LogP contribution in [0.2, 0.25) is 0 Å². The zero-order valence-electron chi connectivity index (χ0n) is 8.28. The zero-order valence-corrected chi connectivity index (χ0v) is 8.28. The van der Waals surface area contributed by atoms with Crippen molar-refractivity contribution in [2.75, 3.05) is 13.1 Å². The number of furan rings is 1. The Morgan fingerprint density at radius 3 is 2.93 bits per heavy atom. The quantitative estimate of drug-likeness (QED) is 0.761. The first kappa shape index (κ1) is 9.74. The van der Waals surface area contributed by atoms with Crippen molar-refractivity contribution in [3.05, 3.63) is 24.2 Å². The lowest BCUT2D eigenvalue weighted by Gasteiger charge is -2.26.